The number of amides is 4. The summed E-state index contributed by atoms with van der Waals surface area (Å²) in [6, 6.07) is 13.8. The van der Waals surface area contributed by atoms with Crippen LogP contribution in [0.25, 0.3) is 16.8 Å². The van der Waals surface area contributed by atoms with E-state index in [-0.39, 0.29) is 12.1 Å². The number of carbonyl (C=O) groups excluding carboxylic acids is 3. The number of imide groups is 2. The van der Waals surface area contributed by atoms with Gasteiger partial charge in [-0.1, -0.05) is 44.2 Å². The van der Waals surface area contributed by atoms with Crippen molar-refractivity contribution in [1.82, 2.24) is 10.2 Å². The zero-order valence-electron chi connectivity index (χ0n) is 17.3. The van der Waals surface area contributed by atoms with Crippen LogP contribution in [0.5, 0.6) is 5.75 Å². The van der Waals surface area contributed by atoms with E-state index in [1.807, 2.05) is 30.3 Å². The van der Waals surface area contributed by atoms with Crippen LogP contribution in [0.3, 0.4) is 0 Å². The first-order chi connectivity index (χ1) is 14.9. The van der Waals surface area contributed by atoms with Gasteiger partial charge in [0, 0.05) is 5.39 Å². The molecule has 1 aliphatic rings. The monoisotopic (exact) mass is 418 g/mol. The molecule has 1 aliphatic heterocycles. The maximum Gasteiger partial charge on any atom is 0.331 e. The second kappa shape index (κ2) is 8.47. The number of benzene rings is 2. The second-order valence-electron chi connectivity index (χ2n) is 7.69. The van der Waals surface area contributed by atoms with Crippen LogP contribution < -0.4 is 10.1 Å². The minimum absolute atomic E-state index is 0.0645. The van der Waals surface area contributed by atoms with Crippen molar-refractivity contribution in [2.24, 2.45) is 5.92 Å². The Bertz CT molecular complexity index is 1180. The minimum Gasteiger partial charge on any atom is -0.493 e. The maximum absolute atomic E-state index is 13.0. The number of furan rings is 1. The first kappa shape index (κ1) is 20.4. The van der Waals surface area contributed by atoms with E-state index in [1.54, 1.807) is 18.2 Å². The van der Waals surface area contributed by atoms with Gasteiger partial charge >= 0.3 is 6.03 Å². The molecule has 0 unspecified atom stereocenters. The molecule has 3 aromatic rings. The lowest BCUT2D eigenvalue weighted by atomic mass is 10.00. The third-order valence-electron chi connectivity index (χ3n) is 4.87. The summed E-state index contributed by atoms with van der Waals surface area (Å²) in [7, 11) is 0. The fourth-order valence-electron chi connectivity index (χ4n) is 3.35. The predicted molar refractivity (Wildman–Crippen MR) is 115 cm³/mol. The number of rotatable bonds is 6. The van der Waals surface area contributed by atoms with Gasteiger partial charge in [-0.3, -0.25) is 19.8 Å². The average molecular weight is 418 g/mol. The molecule has 0 saturated carbocycles. The van der Waals surface area contributed by atoms with Gasteiger partial charge in [0.25, 0.3) is 11.8 Å². The molecule has 31 heavy (non-hydrogen) atoms. The molecular formula is C24H22N2O5. The Morgan fingerprint density at radius 1 is 1.03 bits per heavy atom. The molecule has 1 fully saturated rings. The highest BCUT2D eigenvalue weighted by molar-refractivity contribution is 6.31. The van der Waals surface area contributed by atoms with E-state index in [1.165, 1.54) is 12.3 Å². The zero-order chi connectivity index (χ0) is 22.0. The normalized spacial score (nSPS) is 15.8. The Kier molecular flexibility index (Phi) is 5.58. The van der Waals surface area contributed by atoms with Crippen LogP contribution in [0.4, 0.5) is 4.79 Å². The molecule has 158 valence electrons. The van der Waals surface area contributed by atoms with Crippen molar-refractivity contribution in [2.75, 3.05) is 6.61 Å². The van der Waals surface area contributed by atoms with Crippen molar-refractivity contribution >= 4 is 34.7 Å². The molecule has 0 radical (unpaired) electrons. The van der Waals surface area contributed by atoms with E-state index in [4.69, 9.17) is 9.15 Å². The van der Waals surface area contributed by atoms with E-state index in [9.17, 15) is 14.4 Å². The van der Waals surface area contributed by atoms with Crippen molar-refractivity contribution in [2.45, 2.75) is 20.4 Å². The van der Waals surface area contributed by atoms with Gasteiger partial charge in [0.1, 0.15) is 17.1 Å². The van der Waals surface area contributed by atoms with Crippen LogP contribution in [-0.2, 0) is 16.1 Å². The van der Waals surface area contributed by atoms with Gasteiger partial charge in [0.15, 0.2) is 0 Å². The second-order valence-corrected chi connectivity index (χ2v) is 7.69. The highest BCUT2D eigenvalue weighted by Gasteiger charge is 2.36. The van der Waals surface area contributed by atoms with Gasteiger partial charge in [-0.15, -0.1) is 0 Å². The van der Waals surface area contributed by atoms with E-state index < -0.39 is 17.8 Å². The molecule has 0 atom stereocenters. The molecule has 0 aliphatic carbocycles. The molecule has 2 aromatic carbocycles. The number of carbonyl (C=O) groups is 3. The molecule has 4 rings (SSSR count). The Morgan fingerprint density at radius 2 is 1.81 bits per heavy atom. The third kappa shape index (κ3) is 4.21. The van der Waals surface area contributed by atoms with Crippen LogP contribution in [0.15, 0.2) is 64.8 Å². The molecule has 0 spiro atoms. The summed E-state index contributed by atoms with van der Waals surface area (Å²) < 4.78 is 11.2. The summed E-state index contributed by atoms with van der Waals surface area (Å²) in [5, 5.41) is 3.95. The van der Waals surface area contributed by atoms with Gasteiger partial charge < -0.3 is 9.15 Å². The number of urea groups is 1. The highest BCUT2D eigenvalue weighted by Crippen LogP contribution is 2.31. The summed E-state index contributed by atoms with van der Waals surface area (Å²) in [5.74, 6) is 0.154. The van der Waals surface area contributed by atoms with Crippen molar-refractivity contribution in [3.63, 3.8) is 0 Å². The largest absolute Gasteiger partial charge is 0.493 e. The molecule has 1 aromatic heterocycles. The maximum atomic E-state index is 13.0. The fraction of sp³-hybridized carbons (Fsp3) is 0.208. The molecule has 1 saturated heterocycles. The van der Waals surface area contributed by atoms with Gasteiger partial charge in [-0.25, -0.2) is 4.79 Å². The number of hydrogen-bond donors (Lipinski definition) is 1. The smallest absolute Gasteiger partial charge is 0.331 e. The number of ether oxygens (including phenoxy) is 1. The summed E-state index contributed by atoms with van der Waals surface area (Å²) in [5.41, 5.74) is 0.561. The SMILES string of the molecule is CC(C)COc1ccc(/C=C2\C(=O)NC(=O)N(Cc3ccco3)C2=O)c2ccccc12. The van der Waals surface area contributed by atoms with E-state index in [2.05, 4.69) is 19.2 Å². The number of hydrogen-bond acceptors (Lipinski definition) is 5. The standard InChI is InChI=1S/C24H22N2O5/c1-15(2)14-31-21-10-9-16(18-7-3-4-8-19(18)21)12-20-22(27)25-24(29)26(23(20)28)13-17-6-5-11-30-17/h3-12,15H,13-14H2,1-2H3,(H,25,27,29)/b20-12+. The van der Waals surface area contributed by atoms with Crippen molar-refractivity contribution in [1.29, 1.82) is 0 Å². The summed E-state index contributed by atoms with van der Waals surface area (Å²) in [4.78, 5) is 38.6. The number of barbiturate groups is 1. The topological polar surface area (TPSA) is 88.8 Å². The molecule has 7 nitrogen and oxygen atoms in total. The quantitative estimate of drug-likeness (QED) is 0.480. The first-order valence-electron chi connectivity index (χ1n) is 10.00. The van der Waals surface area contributed by atoms with Crippen LogP contribution in [0.2, 0.25) is 0 Å². The number of fused-ring (bicyclic) bond motifs is 1. The molecule has 7 heteroatoms. The van der Waals surface area contributed by atoms with Crippen molar-refractivity contribution in [3.8, 4) is 5.75 Å². The van der Waals surface area contributed by atoms with Gasteiger partial charge in [0.05, 0.1) is 19.4 Å². The Labute approximate surface area is 179 Å². The molecule has 4 amide bonds. The lowest BCUT2D eigenvalue weighted by Crippen LogP contribution is -2.53. The number of nitrogens with one attached hydrogen (secondary N) is 1. The van der Waals surface area contributed by atoms with Crippen LogP contribution in [0.1, 0.15) is 25.2 Å². The van der Waals surface area contributed by atoms with E-state index in [0.29, 0.717) is 23.8 Å². The molecular weight excluding hydrogens is 396 g/mol. The molecule has 1 N–H and O–H groups in total. The summed E-state index contributed by atoms with van der Waals surface area (Å²) in [6.45, 7) is 4.66. The molecule has 0 bridgehead atoms. The van der Waals surface area contributed by atoms with E-state index in [0.717, 1.165) is 21.4 Å². The van der Waals surface area contributed by atoms with Gasteiger partial charge in [-0.2, -0.15) is 0 Å². The lowest BCUT2D eigenvalue weighted by molar-refractivity contribution is -0.130. The van der Waals surface area contributed by atoms with Crippen LogP contribution in [0, 0.1) is 5.92 Å². The predicted octanol–water partition coefficient (Wildman–Crippen LogP) is 4.13. The summed E-state index contributed by atoms with van der Waals surface area (Å²) >= 11 is 0. The molecule has 2 heterocycles. The first-order valence-corrected chi connectivity index (χ1v) is 10.00. The Hall–Kier alpha value is -3.87. The number of nitrogens with zero attached hydrogens (tertiary/aromatic N) is 1. The Balaban J connectivity index is 1.71. The third-order valence-corrected chi connectivity index (χ3v) is 4.87. The van der Waals surface area contributed by atoms with Gasteiger partial charge in [0.2, 0.25) is 0 Å². The summed E-state index contributed by atoms with van der Waals surface area (Å²) in [6.07, 6.45) is 2.96. The highest BCUT2D eigenvalue weighted by atomic mass is 16.5. The van der Waals surface area contributed by atoms with Gasteiger partial charge in [-0.05, 0) is 41.1 Å². The zero-order valence-corrected chi connectivity index (χ0v) is 17.3. The van der Waals surface area contributed by atoms with E-state index >= 15 is 0 Å². The van der Waals surface area contributed by atoms with Crippen molar-refractivity contribution < 1.29 is 23.5 Å². The van der Waals surface area contributed by atoms with Crippen molar-refractivity contribution in [3.05, 3.63) is 71.7 Å². The average Bonchev–Trinajstić information content (AvgIpc) is 3.26. The van der Waals surface area contributed by atoms with Crippen LogP contribution >= 0.6 is 0 Å². The Morgan fingerprint density at radius 3 is 2.52 bits per heavy atom. The van der Waals surface area contributed by atoms with Crippen LogP contribution in [-0.4, -0.2) is 29.4 Å². The fourth-order valence-corrected chi connectivity index (χ4v) is 3.35. The minimum atomic E-state index is -0.772. The lowest BCUT2D eigenvalue weighted by Gasteiger charge is -2.25.